The lowest BCUT2D eigenvalue weighted by molar-refractivity contribution is 0.142. The number of carbonyl (C=O) groups is 1. The van der Waals surface area contributed by atoms with Crippen LogP contribution in [0.2, 0.25) is 0 Å². The van der Waals surface area contributed by atoms with Crippen molar-refractivity contribution in [3.63, 3.8) is 0 Å². The molecule has 2 aliphatic carbocycles. The summed E-state index contributed by atoms with van der Waals surface area (Å²) in [6.45, 7) is 1.80. The number of rotatable bonds is 3. The molecule has 6 heteroatoms. The largest absolute Gasteiger partial charge is 0.352 e. The van der Waals surface area contributed by atoms with Gasteiger partial charge >= 0.3 is 6.03 Å². The number of fused-ring (bicyclic) bond motifs is 1. The first kappa shape index (κ1) is 14.4. The Balaban J connectivity index is 1.64. The van der Waals surface area contributed by atoms with Gasteiger partial charge in [-0.2, -0.15) is 4.98 Å². The quantitative estimate of drug-likeness (QED) is 0.895. The highest BCUT2D eigenvalue weighted by molar-refractivity contribution is 5.71. The Morgan fingerprint density at radius 2 is 2.05 bits per heavy atom. The predicted octanol–water partition coefficient (Wildman–Crippen LogP) is 2.87. The summed E-state index contributed by atoms with van der Waals surface area (Å²) in [5.74, 6) is 3.36. The second-order valence-electron chi connectivity index (χ2n) is 6.54. The summed E-state index contributed by atoms with van der Waals surface area (Å²) in [5, 5.41) is 6.57. The van der Waals surface area contributed by atoms with Crippen LogP contribution in [0.25, 0.3) is 0 Å². The number of primary amides is 1. The lowest BCUT2D eigenvalue weighted by Gasteiger charge is -2.38. The number of hydrogen-bond donors (Lipinski definition) is 2. The van der Waals surface area contributed by atoms with Crippen molar-refractivity contribution in [2.75, 3.05) is 0 Å². The lowest BCUT2D eigenvalue weighted by Crippen LogP contribution is -2.32. The zero-order chi connectivity index (χ0) is 14.8. The maximum Gasteiger partial charge on any atom is 0.312 e. The highest BCUT2D eigenvalue weighted by Crippen LogP contribution is 2.45. The molecule has 3 N–H and O–H groups in total. The molecule has 1 aromatic heterocycles. The van der Waals surface area contributed by atoms with Crippen molar-refractivity contribution >= 4 is 6.03 Å². The van der Waals surface area contributed by atoms with Gasteiger partial charge in [0.1, 0.15) is 0 Å². The van der Waals surface area contributed by atoms with Gasteiger partial charge < -0.3 is 15.6 Å². The molecule has 0 aromatic carbocycles. The molecule has 2 fully saturated rings. The standard InChI is InChI=1S/C15H24N4O2/c1-9(17-15(16)20)13-18-14(21-19-13)12-7-6-10-4-2-3-5-11(10)8-12/h9-12H,2-8H2,1H3,(H3,16,17,20)/t9-,10+,11-,12+/m0/s1. The third-order valence-corrected chi connectivity index (χ3v) is 5.09. The predicted molar refractivity (Wildman–Crippen MR) is 77.5 cm³/mol. The maximum atomic E-state index is 10.9. The number of carbonyl (C=O) groups excluding carboxylic acids is 1. The average molecular weight is 292 g/mol. The molecule has 0 unspecified atom stereocenters. The van der Waals surface area contributed by atoms with Gasteiger partial charge in [0.2, 0.25) is 5.89 Å². The Labute approximate surface area is 124 Å². The molecule has 0 spiro atoms. The minimum Gasteiger partial charge on any atom is -0.352 e. The highest BCUT2D eigenvalue weighted by Gasteiger charge is 2.35. The molecule has 2 saturated carbocycles. The third kappa shape index (κ3) is 3.19. The molecule has 2 aliphatic rings. The number of urea groups is 1. The molecule has 116 valence electrons. The summed E-state index contributed by atoms with van der Waals surface area (Å²) in [4.78, 5) is 15.4. The summed E-state index contributed by atoms with van der Waals surface area (Å²) < 4.78 is 5.43. The van der Waals surface area contributed by atoms with Gasteiger partial charge in [0, 0.05) is 5.92 Å². The van der Waals surface area contributed by atoms with Gasteiger partial charge in [0.05, 0.1) is 6.04 Å². The van der Waals surface area contributed by atoms with Gasteiger partial charge in [-0.05, 0) is 38.0 Å². The Morgan fingerprint density at radius 3 is 2.81 bits per heavy atom. The molecule has 4 atom stereocenters. The second kappa shape index (κ2) is 6.03. The molecular formula is C15H24N4O2. The van der Waals surface area contributed by atoms with Crippen LogP contribution in [-0.2, 0) is 0 Å². The molecule has 0 bridgehead atoms. The van der Waals surface area contributed by atoms with Crippen molar-refractivity contribution in [1.29, 1.82) is 0 Å². The number of amides is 2. The van der Waals surface area contributed by atoms with Crippen LogP contribution >= 0.6 is 0 Å². The molecule has 2 amide bonds. The number of nitrogens with one attached hydrogen (secondary N) is 1. The van der Waals surface area contributed by atoms with E-state index in [-0.39, 0.29) is 6.04 Å². The van der Waals surface area contributed by atoms with E-state index in [0.717, 1.165) is 24.1 Å². The summed E-state index contributed by atoms with van der Waals surface area (Å²) in [7, 11) is 0. The minimum atomic E-state index is -0.573. The topological polar surface area (TPSA) is 94.0 Å². The fourth-order valence-electron chi connectivity index (χ4n) is 3.96. The zero-order valence-electron chi connectivity index (χ0n) is 12.5. The SMILES string of the molecule is C[C@H](NC(N)=O)c1noc([C@@H]2CC[C@H]3CCCC[C@H]3C2)n1. The summed E-state index contributed by atoms with van der Waals surface area (Å²) in [6, 6.07) is -0.886. The van der Waals surface area contributed by atoms with E-state index in [2.05, 4.69) is 15.5 Å². The van der Waals surface area contributed by atoms with E-state index in [0.29, 0.717) is 11.7 Å². The molecule has 21 heavy (non-hydrogen) atoms. The molecule has 1 heterocycles. The smallest absolute Gasteiger partial charge is 0.312 e. The molecule has 0 aliphatic heterocycles. The van der Waals surface area contributed by atoms with E-state index in [1.807, 2.05) is 0 Å². The summed E-state index contributed by atoms with van der Waals surface area (Å²) >= 11 is 0. The Morgan fingerprint density at radius 1 is 1.29 bits per heavy atom. The fourth-order valence-corrected chi connectivity index (χ4v) is 3.96. The van der Waals surface area contributed by atoms with Gasteiger partial charge in [-0.1, -0.05) is 30.8 Å². The third-order valence-electron chi connectivity index (χ3n) is 5.09. The van der Waals surface area contributed by atoms with E-state index >= 15 is 0 Å². The number of aromatic nitrogens is 2. The van der Waals surface area contributed by atoms with Crippen LogP contribution in [0.15, 0.2) is 4.52 Å². The molecular weight excluding hydrogens is 268 g/mol. The molecule has 0 saturated heterocycles. The van der Waals surface area contributed by atoms with Crippen molar-refractivity contribution in [2.45, 2.75) is 63.8 Å². The monoisotopic (exact) mass is 292 g/mol. The molecule has 0 radical (unpaired) electrons. The van der Waals surface area contributed by atoms with Crippen LogP contribution in [0.4, 0.5) is 4.79 Å². The normalized spacial score (nSPS) is 30.4. The van der Waals surface area contributed by atoms with E-state index in [1.54, 1.807) is 6.92 Å². The Hall–Kier alpha value is -1.59. The van der Waals surface area contributed by atoms with Crippen molar-refractivity contribution in [3.05, 3.63) is 11.7 Å². The van der Waals surface area contributed by atoms with Crippen LogP contribution in [0, 0.1) is 11.8 Å². The average Bonchev–Trinajstić information content (AvgIpc) is 2.96. The van der Waals surface area contributed by atoms with Crippen LogP contribution < -0.4 is 11.1 Å². The fraction of sp³-hybridized carbons (Fsp3) is 0.800. The maximum absolute atomic E-state index is 10.9. The molecule has 6 nitrogen and oxygen atoms in total. The number of nitrogens with zero attached hydrogens (tertiary/aromatic N) is 2. The van der Waals surface area contributed by atoms with Crippen molar-refractivity contribution in [1.82, 2.24) is 15.5 Å². The van der Waals surface area contributed by atoms with Gasteiger partial charge in [0.25, 0.3) is 0 Å². The molecule has 3 rings (SSSR count). The van der Waals surface area contributed by atoms with Gasteiger partial charge in [0.15, 0.2) is 5.82 Å². The minimum absolute atomic E-state index is 0.314. The van der Waals surface area contributed by atoms with Crippen LogP contribution in [0.3, 0.4) is 0 Å². The second-order valence-corrected chi connectivity index (χ2v) is 6.54. The molecule has 1 aromatic rings. The van der Waals surface area contributed by atoms with E-state index in [1.165, 1.54) is 38.5 Å². The van der Waals surface area contributed by atoms with Gasteiger partial charge in [-0.15, -0.1) is 0 Å². The number of nitrogens with two attached hydrogens (primary N) is 1. The van der Waals surface area contributed by atoms with Crippen molar-refractivity contribution in [2.24, 2.45) is 17.6 Å². The Kier molecular flexibility index (Phi) is 4.12. The number of hydrogen-bond acceptors (Lipinski definition) is 4. The summed E-state index contributed by atoms with van der Waals surface area (Å²) in [5.41, 5.74) is 5.12. The van der Waals surface area contributed by atoms with E-state index in [9.17, 15) is 4.79 Å². The van der Waals surface area contributed by atoms with Gasteiger partial charge in [-0.25, -0.2) is 4.79 Å². The van der Waals surface area contributed by atoms with Crippen LogP contribution in [0.1, 0.15) is 75.5 Å². The summed E-state index contributed by atoms with van der Waals surface area (Å²) in [6.07, 6.45) is 9.09. The van der Waals surface area contributed by atoms with E-state index in [4.69, 9.17) is 10.3 Å². The van der Waals surface area contributed by atoms with Crippen LogP contribution in [-0.4, -0.2) is 16.2 Å². The lowest BCUT2D eigenvalue weighted by atomic mass is 9.67. The first-order valence-corrected chi connectivity index (χ1v) is 8.03. The zero-order valence-corrected chi connectivity index (χ0v) is 12.5. The van der Waals surface area contributed by atoms with Crippen LogP contribution in [0.5, 0.6) is 0 Å². The van der Waals surface area contributed by atoms with Crippen molar-refractivity contribution in [3.8, 4) is 0 Å². The first-order valence-electron chi connectivity index (χ1n) is 8.03. The first-order chi connectivity index (χ1) is 10.1. The Bertz CT molecular complexity index is 502. The van der Waals surface area contributed by atoms with Crippen molar-refractivity contribution < 1.29 is 9.32 Å². The highest BCUT2D eigenvalue weighted by atomic mass is 16.5. The van der Waals surface area contributed by atoms with E-state index < -0.39 is 6.03 Å². The van der Waals surface area contributed by atoms with Gasteiger partial charge in [-0.3, -0.25) is 0 Å².